The van der Waals surface area contributed by atoms with Crippen molar-refractivity contribution in [1.82, 2.24) is 9.80 Å². The van der Waals surface area contributed by atoms with Crippen LogP contribution in [0.1, 0.15) is 23.3 Å². The second kappa shape index (κ2) is 11.1. The van der Waals surface area contributed by atoms with Gasteiger partial charge in [-0.25, -0.2) is 0 Å². The molecule has 16 heteroatoms. The van der Waals surface area contributed by atoms with Crippen molar-refractivity contribution in [3.63, 3.8) is 0 Å². The van der Waals surface area contributed by atoms with E-state index in [1.54, 1.807) is 0 Å². The summed E-state index contributed by atoms with van der Waals surface area (Å²) in [7, 11) is 0. The van der Waals surface area contributed by atoms with Crippen LogP contribution in [-0.4, -0.2) is 59.9 Å². The van der Waals surface area contributed by atoms with E-state index >= 15 is 0 Å². The van der Waals surface area contributed by atoms with Gasteiger partial charge < -0.3 is 14.1 Å². The molecular weight excluding hydrogens is 558 g/mol. The summed E-state index contributed by atoms with van der Waals surface area (Å²) >= 11 is 0. The zero-order valence-corrected chi connectivity index (χ0v) is 19.7. The van der Waals surface area contributed by atoms with Crippen molar-refractivity contribution in [1.29, 1.82) is 0 Å². The number of halogens is 10. The molecule has 2 heterocycles. The number of rotatable bonds is 7. The Balaban J connectivity index is 1.58. The third-order valence-corrected chi connectivity index (χ3v) is 5.80. The first-order valence-electron chi connectivity index (χ1n) is 11.2. The molecule has 0 radical (unpaired) electrons. The van der Waals surface area contributed by atoms with Crippen molar-refractivity contribution in [3.8, 4) is 5.75 Å². The highest BCUT2D eigenvalue weighted by molar-refractivity contribution is 5.85. The van der Waals surface area contributed by atoms with Crippen LogP contribution in [0, 0.1) is 0 Å². The SMILES string of the molecule is O=C(N1CCCN(Cc2cc(=O)c(OCc3ccc(C(F)(F)F)cc3)co2)CC1)C(F)(F)C(F)(F)C(F)(F)F. The maximum absolute atomic E-state index is 13.8. The fraction of sp³-hybridized carbons (Fsp3) is 0.478. The summed E-state index contributed by atoms with van der Waals surface area (Å²) in [5, 5.41) is 0. The van der Waals surface area contributed by atoms with Crippen LogP contribution in [0.25, 0.3) is 0 Å². The van der Waals surface area contributed by atoms with E-state index in [0.717, 1.165) is 24.5 Å². The molecule has 1 aromatic heterocycles. The molecule has 1 amide bonds. The minimum atomic E-state index is -6.63. The molecular formula is C23H20F10N2O4. The van der Waals surface area contributed by atoms with Crippen molar-refractivity contribution in [3.05, 3.63) is 63.7 Å². The Bertz CT molecular complexity index is 1210. The van der Waals surface area contributed by atoms with Gasteiger partial charge >= 0.3 is 24.2 Å². The van der Waals surface area contributed by atoms with Gasteiger partial charge in [0.05, 0.1) is 12.1 Å². The van der Waals surface area contributed by atoms with E-state index in [-0.39, 0.29) is 49.1 Å². The fourth-order valence-electron chi connectivity index (χ4n) is 3.64. The number of ether oxygens (including phenoxy) is 1. The molecule has 3 rings (SSSR count). The standard InChI is InChI=1S/C23H20F10N2O4/c24-20(25,22(29,30)23(31,32)33)19(37)35-7-1-6-34(8-9-35)11-16-10-17(36)18(13-38-16)39-12-14-2-4-15(5-3-14)21(26,27)28/h2-5,10,13H,1,6-9,11-12H2. The first kappa shape index (κ1) is 30.2. The van der Waals surface area contributed by atoms with Crippen LogP contribution in [0.5, 0.6) is 5.75 Å². The van der Waals surface area contributed by atoms with Crippen LogP contribution in [0.4, 0.5) is 43.9 Å². The van der Waals surface area contributed by atoms with Gasteiger partial charge in [0, 0.05) is 32.2 Å². The Morgan fingerprint density at radius 1 is 0.897 bits per heavy atom. The van der Waals surface area contributed by atoms with Crippen LogP contribution in [0.15, 0.2) is 45.8 Å². The van der Waals surface area contributed by atoms with E-state index in [1.165, 1.54) is 17.0 Å². The molecule has 0 atom stereocenters. The monoisotopic (exact) mass is 578 g/mol. The number of hydrogen-bond donors (Lipinski definition) is 0. The Morgan fingerprint density at radius 3 is 2.10 bits per heavy atom. The lowest BCUT2D eigenvalue weighted by molar-refractivity contribution is -0.345. The first-order chi connectivity index (χ1) is 17.9. The lowest BCUT2D eigenvalue weighted by atomic mass is 10.1. The topological polar surface area (TPSA) is 63.0 Å². The number of alkyl halides is 10. The van der Waals surface area contributed by atoms with Crippen LogP contribution in [0.2, 0.25) is 0 Å². The van der Waals surface area contributed by atoms with E-state index in [4.69, 9.17) is 9.15 Å². The van der Waals surface area contributed by atoms with Gasteiger partial charge in [-0.2, -0.15) is 43.9 Å². The highest BCUT2D eigenvalue weighted by Crippen LogP contribution is 2.47. The Hall–Kier alpha value is -3.30. The summed E-state index contributed by atoms with van der Waals surface area (Å²) in [6.07, 6.45) is -10.2. The lowest BCUT2D eigenvalue weighted by Crippen LogP contribution is -2.60. The summed E-state index contributed by atoms with van der Waals surface area (Å²) in [6, 6.07) is 5.08. The van der Waals surface area contributed by atoms with E-state index < -0.39 is 54.2 Å². The molecule has 216 valence electrons. The molecule has 1 aromatic carbocycles. The van der Waals surface area contributed by atoms with Gasteiger partial charge in [-0.05, 0) is 24.1 Å². The summed E-state index contributed by atoms with van der Waals surface area (Å²) in [6.45, 7) is -1.50. The van der Waals surface area contributed by atoms with Crippen molar-refractivity contribution in [2.75, 3.05) is 26.2 Å². The number of benzene rings is 1. The molecule has 39 heavy (non-hydrogen) atoms. The predicted molar refractivity (Wildman–Crippen MR) is 113 cm³/mol. The van der Waals surface area contributed by atoms with Gasteiger partial charge in [0.2, 0.25) is 11.2 Å². The molecule has 0 spiro atoms. The maximum Gasteiger partial charge on any atom is 0.460 e. The summed E-state index contributed by atoms with van der Waals surface area (Å²) < 4.78 is 140. The predicted octanol–water partition coefficient (Wildman–Crippen LogP) is 5.10. The molecule has 0 saturated carbocycles. The summed E-state index contributed by atoms with van der Waals surface area (Å²) in [5.41, 5.74) is -1.17. The van der Waals surface area contributed by atoms with E-state index in [0.29, 0.717) is 5.56 Å². The van der Waals surface area contributed by atoms with Crippen LogP contribution in [0.3, 0.4) is 0 Å². The van der Waals surface area contributed by atoms with Crippen LogP contribution < -0.4 is 10.2 Å². The number of carbonyl (C=O) groups is 1. The quantitative estimate of drug-likeness (QED) is 0.428. The van der Waals surface area contributed by atoms with E-state index in [2.05, 4.69) is 0 Å². The van der Waals surface area contributed by atoms with Crippen molar-refractivity contribution in [2.24, 2.45) is 0 Å². The number of carbonyl (C=O) groups excluding carboxylic acids is 1. The second-order valence-corrected chi connectivity index (χ2v) is 8.63. The molecule has 0 N–H and O–H groups in total. The molecule has 1 aliphatic rings. The van der Waals surface area contributed by atoms with Crippen molar-refractivity contribution in [2.45, 2.75) is 43.8 Å². The average molecular weight is 578 g/mol. The summed E-state index contributed by atoms with van der Waals surface area (Å²) in [5.74, 6) is -15.4. The highest BCUT2D eigenvalue weighted by atomic mass is 19.4. The first-order valence-corrected chi connectivity index (χ1v) is 11.2. The van der Waals surface area contributed by atoms with Gasteiger partial charge in [-0.3, -0.25) is 14.5 Å². The number of nitrogens with zero attached hydrogens (tertiary/aromatic N) is 2. The number of amides is 1. The molecule has 2 aromatic rings. The fourth-order valence-corrected chi connectivity index (χ4v) is 3.64. The Labute approximate surface area is 213 Å². The highest BCUT2D eigenvalue weighted by Gasteiger charge is 2.76. The zero-order chi connectivity index (χ0) is 29.2. The Morgan fingerprint density at radius 2 is 1.54 bits per heavy atom. The molecule has 0 aliphatic carbocycles. The molecule has 0 unspecified atom stereocenters. The van der Waals surface area contributed by atoms with E-state index in [9.17, 15) is 53.5 Å². The van der Waals surface area contributed by atoms with Gasteiger partial charge in [-0.15, -0.1) is 0 Å². The lowest BCUT2D eigenvalue weighted by Gasteiger charge is -2.31. The Kier molecular flexibility index (Phi) is 8.57. The third-order valence-electron chi connectivity index (χ3n) is 5.80. The second-order valence-electron chi connectivity index (χ2n) is 8.63. The van der Waals surface area contributed by atoms with Gasteiger partial charge in [0.25, 0.3) is 5.91 Å². The van der Waals surface area contributed by atoms with Crippen LogP contribution >= 0.6 is 0 Å². The largest absolute Gasteiger partial charge is 0.482 e. The average Bonchev–Trinajstić information content (AvgIpc) is 3.07. The van der Waals surface area contributed by atoms with Gasteiger partial charge in [-0.1, -0.05) is 12.1 Å². The van der Waals surface area contributed by atoms with Crippen LogP contribution in [-0.2, 0) is 24.1 Å². The molecule has 1 saturated heterocycles. The molecule has 6 nitrogen and oxygen atoms in total. The number of hydrogen-bond acceptors (Lipinski definition) is 5. The molecule has 1 aliphatic heterocycles. The molecule has 0 bridgehead atoms. The van der Waals surface area contributed by atoms with Crippen molar-refractivity contribution < 1.29 is 57.9 Å². The molecule has 1 fully saturated rings. The van der Waals surface area contributed by atoms with Crippen molar-refractivity contribution >= 4 is 5.91 Å². The maximum atomic E-state index is 13.8. The van der Waals surface area contributed by atoms with Gasteiger partial charge in [0.1, 0.15) is 18.6 Å². The summed E-state index contributed by atoms with van der Waals surface area (Å²) in [4.78, 5) is 26.0. The minimum Gasteiger partial charge on any atom is -0.482 e. The zero-order valence-electron chi connectivity index (χ0n) is 19.7. The third kappa shape index (κ3) is 6.83. The van der Waals surface area contributed by atoms with Gasteiger partial charge in [0.15, 0.2) is 0 Å². The van der Waals surface area contributed by atoms with E-state index in [1.807, 2.05) is 0 Å². The normalized spacial score (nSPS) is 16.2. The minimum absolute atomic E-state index is 0.0437. The smallest absolute Gasteiger partial charge is 0.460 e.